The molecule has 0 bridgehead atoms. The number of amides is 1. The Labute approximate surface area is 130 Å². The minimum absolute atomic E-state index is 0.102. The van der Waals surface area contributed by atoms with E-state index in [1.54, 1.807) is 11.6 Å². The van der Waals surface area contributed by atoms with Crippen LogP contribution in [0.4, 0.5) is 0 Å². The molecule has 2 rings (SSSR count). The zero-order valence-electron chi connectivity index (χ0n) is 12.5. The van der Waals surface area contributed by atoms with E-state index < -0.39 is 12.0 Å². The highest BCUT2D eigenvalue weighted by Crippen LogP contribution is 2.09. The molecule has 0 spiro atoms. The predicted molar refractivity (Wildman–Crippen MR) is 81.6 cm³/mol. The van der Waals surface area contributed by atoms with Gasteiger partial charge in [-0.25, -0.2) is 9.78 Å². The SMILES string of the molecule is CC(=O)N[C@H](C(=O)OCc1cc(=O)n2ccsc2n1)C(C)C. The molecule has 118 valence electrons. The van der Waals surface area contributed by atoms with Crippen molar-refractivity contribution in [2.45, 2.75) is 33.4 Å². The minimum atomic E-state index is -0.718. The lowest BCUT2D eigenvalue weighted by atomic mass is 10.0. The van der Waals surface area contributed by atoms with E-state index in [2.05, 4.69) is 10.3 Å². The van der Waals surface area contributed by atoms with Crippen molar-refractivity contribution in [3.05, 3.63) is 33.7 Å². The van der Waals surface area contributed by atoms with Gasteiger partial charge in [0.25, 0.3) is 5.56 Å². The Morgan fingerprint density at radius 2 is 2.18 bits per heavy atom. The first-order chi connectivity index (χ1) is 10.4. The van der Waals surface area contributed by atoms with Crippen molar-refractivity contribution in [2.24, 2.45) is 5.92 Å². The first-order valence-corrected chi connectivity index (χ1v) is 7.66. The van der Waals surface area contributed by atoms with Crippen molar-refractivity contribution in [1.29, 1.82) is 0 Å². The Hall–Kier alpha value is -2.22. The molecule has 0 saturated heterocycles. The second kappa shape index (κ2) is 6.69. The number of hydrogen-bond acceptors (Lipinski definition) is 6. The number of carbonyl (C=O) groups excluding carboxylic acids is 2. The third kappa shape index (κ3) is 3.70. The van der Waals surface area contributed by atoms with Gasteiger partial charge in [0.05, 0.1) is 5.69 Å². The Balaban J connectivity index is 2.08. The number of rotatable bonds is 5. The fourth-order valence-corrected chi connectivity index (χ4v) is 2.65. The number of ether oxygens (including phenoxy) is 1. The Morgan fingerprint density at radius 3 is 2.82 bits per heavy atom. The standard InChI is InChI=1S/C14H17N3O4S/c1-8(2)12(15-9(3)18)13(20)21-7-10-6-11(19)17-4-5-22-14(17)16-10/h4-6,8,12H,7H2,1-3H3,(H,15,18)/t12-/m0/s1. The summed E-state index contributed by atoms with van der Waals surface area (Å²) in [6.07, 6.45) is 1.64. The molecule has 0 aromatic carbocycles. The summed E-state index contributed by atoms with van der Waals surface area (Å²) in [5.41, 5.74) is 0.158. The molecule has 2 aromatic rings. The molecule has 0 fully saturated rings. The molecule has 8 heteroatoms. The molecule has 0 aliphatic carbocycles. The summed E-state index contributed by atoms with van der Waals surface area (Å²) < 4.78 is 6.59. The van der Waals surface area contributed by atoms with Crippen molar-refractivity contribution < 1.29 is 14.3 Å². The summed E-state index contributed by atoms with van der Waals surface area (Å²) in [6, 6.07) is 0.611. The second-order valence-corrected chi connectivity index (χ2v) is 6.04. The van der Waals surface area contributed by atoms with Gasteiger partial charge in [-0.1, -0.05) is 13.8 Å². The summed E-state index contributed by atoms with van der Waals surface area (Å²) in [5, 5.41) is 4.31. The minimum Gasteiger partial charge on any atom is -0.458 e. The van der Waals surface area contributed by atoms with Crippen molar-refractivity contribution in [1.82, 2.24) is 14.7 Å². The molecule has 1 atom stereocenters. The summed E-state index contributed by atoms with van der Waals surface area (Å²) in [6.45, 7) is 4.86. The van der Waals surface area contributed by atoms with Crippen LogP contribution in [0.3, 0.4) is 0 Å². The van der Waals surface area contributed by atoms with Crippen LogP contribution in [0, 0.1) is 5.92 Å². The fraction of sp³-hybridized carbons (Fsp3) is 0.429. The largest absolute Gasteiger partial charge is 0.458 e. The molecule has 2 aromatic heterocycles. The predicted octanol–water partition coefficient (Wildman–Crippen LogP) is 0.960. The van der Waals surface area contributed by atoms with Crippen LogP contribution in [0.1, 0.15) is 26.5 Å². The summed E-state index contributed by atoms with van der Waals surface area (Å²) >= 11 is 1.32. The lowest BCUT2D eigenvalue weighted by Gasteiger charge is -2.19. The topological polar surface area (TPSA) is 89.8 Å². The van der Waals surface area contributed by atoms with Gasteiger partial charge in [-0.05, 0) is 5.92 Å². The number of thiazole rings is 1. The van der Waals surface area contributed by atoms with Crippen molar-refractivity contribution >= 4 is 28.2 Å². The van der Waals surface area contributed by atoms with E-state index in [9.17, 15) is 14.4 Å². The van der Waals surface area contributed by atoms with Crippen LogP contribution in [-0.2, 0) is 20.9 Å². The number of hydrogen-bond donors (Lipinski definition) is 1. The van der Waals surface area contributed by atoms with Gasteiger partial charge in [-0.15, -0.1) is 11.3 Å². The third-order valence-corrected chi connectivity index (χ3v) is 3.75. The molecular weight excluding hydrogens is 306 g/mol. The fourth-order valence-electron chi connectivity index (χ4n) is 1.91. The van der Waals surface area contributed by atoms with Gasteiger partial charge in [0.15, 0.2) is 4.96 Å². The van der Waals surface area contributed by atoms with Gasteiger partial charge in [0, 0.05) is 24.6 Å². The Bertz CT molecular complexity index is 750. The number of fused-ring (bicyclic) bond motifs is 1. The van der Waals surface area contributed by atoms with E-state index in [1.807, 2.05) is 13.8 Å². The number of nitrogens with zero attached hydrogens (tertiary/aromatic N) is 2. The highest BCUT2D eigenvalue weighted by molar-refractivity contribution is 7.15. The van der Waals surface area contributed by atoms with Crippen LogP contribution in [0.2, 0.25) is 0 Å². The maximum atomic E-state index is 12.0. The molecular formula is C14H17N3O4S. The molecule has 1 N–H and O–H groups in total. The van der Waals surface area contributed by atoms with E-state index in [4.69, 9.17) is 4.74 Å². The zero-order chi connectivity index (χ0) is 16.3. The van der Waals surface area contributed by atoms with Crippen LogP contribution in [0.5, 0.6) is 0 Å². The van der Waals surface area contributed by atoms with E-state index in [1.165, 1.54) is 28.7 Å². The lowest BCUT2D eigenvalue weighted by molar-refractivity contribution is -0.150. The van der Waals surface area contributed by atoms with E-state index >= 15 is 0 Å². The lowest BCUT2D eigenvalue weighted by Crippen LogP contribution is -2.44. The number of carbonyl (C=O) groups is 2. The summed E-state index contributed by atoms with van der Waals surface area (Å²) in [7, 11) is 0. The molecule has 7 nitrogen and oxygen atoms in total. The molecule has 22 heavy (non-hydrogen) atoms. The van der Waals surface area contributed by atoms with Crippen LogP contribution in [0.15, 0.2) is 22.4 Å². The van der Waals surface area contributed by atoms with Crippen LogP contribution < -0.4 is 10.9 Å². The Morgan fingerprint density at radius 1 is 1.45 bits per heavy atom. The quantitative estimate of drug-likeness (QED) is 0.828. The highest BCUT2D eigenvalue weighted by Gasteiger charge is 2.24. The van der Waals surface area contributed by atoms with Crippen LogP contribution in [0.25, 0.3) is 4.96 Å². The molecule has 0 saturated carbocycles. The van der Waals surface area contributed by atoms with Gasteiger partial charge in [-0.3, -0.25) is 14.0 Å². The first kappa shape index (κ1) is 16.2. The van der Waals surface area contributed by atoms with Crippen LogP contribution in [-0.4, -0.2) is 27.3 Å². The van der Waals surface area contributed by atoms with Gasteiger partial charge in [-0.2, -0.15) is 0 Å². The number of nitrogens with one attached hydrogen (secondary N) is 1. The van der Waals surface area contributed by atoms with Gasteiger partial charge >= 0.3 is 5.97 Å². The van der Waals surface area contributed by atoms with E-state index in [0.717, 1.165) is 0 Å². The van der Waals surface area contributed by atoms with E-state index in [0.29, 0.717) is 10.7 Å². The monoisotopic (exact) mass is 323 g/mol. The van der Waals surface area contributed by atoms with Crippen molar-refractivity contribution in [3.63, 3.8) is 0 Å². The van der Waals surface area contributed by atoms with Crippen molar-refractivity contribution in [2.75, 3.05) is 0 Å². The number of aromatic nitrogens is 2. The molecule has 2 heterocycles. The smallest absolute Gasteiger partial charge is 0.329 e. The maximum Gasteiger partial charge on any atom is 0.329 e. The summed E-state index contributed by atoms with van der Waals surface area (Å²) in [5.74, 6) is -0.944. The maximum absolute atomic E-state index is 12.0. The average molecular weight is 323 g/mol. The summed E-state index contributed by atoms with van der Waals surface area (Å²) in [4.78, 5) is 39.8. The molecule has 0 radical (unpaired) electrons. The molecule has 1 amide bonds. The van der Waals surface area contributed by atoms with Gasteiger partial charge in [0.2, 0.25) is 5.91 Å². The first-order valence-electron chi connectivity index (χ1n) is 6.78. The van der Waals surface area contributed by atoms with E-state index in [-0.39, 0.29) is 24.0 Å². The number of esters is 1. The average Bonchev–Trinajstić information content (AvgIpc) is 2.90. The second-order valence-electron chi connectivity index (χ2n) is 5.17. The molecule has 0 aliphatic rings. The highest BCUT2D eigenvalue weighted by atomic mass is 32.1. The molecule has 0 aliphatic heterocycles. The zero-order valence-corrected chi connectivity index (χ0v) is 13.3. The molecule has 0 unspecified atom stereocenters. The van der Waals surface area contributed by atoms with Crippen LogP contribution >= 0.6 is 11.3 Å². The normalized spacial score (nSPS) is 12.4. The third-order valence-electron chi connectivity index (χ3n) is 3.00. The Kier molecular flexibility index (Phi) is 4.92. The van der Waals surface area contributed by atoms with Crippen molar-refractivity contribution in [3.8, 4) is 0 Å². The van der Waals surface area contributed by atoms with Gasteiger partial charge in [0.1, 0.15) is 12.6 Å². The van der Waals surface area contributed by atoms with Gasteiger partial charge < -0.3 is 10.1 Å².